The summed E-state index contributed by atoms with van der Waals surface area (Å²) in [5.41, 5.74) is 4.08. The zero-order valence-electron chi connectivity index (χ0n) is 26.3. The lowest BCUT2D eigenvalue weighted by molar-refractivity contribution is -0.574. The van der Waals surface area contributed by atoms with E-state index in [1.54, 1.807) is 0 Å². The highest BCUT2D eigenvalue weighted by molar-refractivity contribution is 6.50. The number of hydrogen-bond acceptors (Lipinski definition) is 6. The minimum Gasteiger partial charge on any atom is -0.418 e. The first kappa shape index (κ1) is 31.9. The van der Waals surface area contributed by atoms with E-state index >= 15 is 0 Å². The molecule has 0 spiro atoms. The van der Waals surface area contributed by atoms with E-state index in [1.807, 2.05) is 122 Å². The van der Waals surface area contributed by atoms with E-state index < -0.39 is 7.25 Å². The van der Waals surface area contributed by atoms with Crippen molar-refractivity contribution in [2.75, 3.05) is 9.80 Å². The van der Waals surface area contributed by atoms with Gasteiger partial charge in [-0.1, -0.05) is 54.6 Å². The first-order valence-electron chi connectivity index (χ1n) is 15.5. The minimum atomic E-state index is -6.00. The van der Waals surface area contributed by atoms with Gasteiger partial charge in [-0.25, -0.2) is 19.5 Å². The predicted molar refractivity (Wildman–Crippen MR) is 187 cm³/mol. The number of imidazole rings is 1. The van der Waals surface area contributed by atoms with Gasteiger partial charge in [-0.15, -0.1) is 4.98 Å². The molecule has 8 nitrogen and oxygen atoms in total. The molecular formula is C37H27BF4N8. The Labute approximate surface area is 284 Å². The van der Waals surface area contributed by atoms with Gasteiger partial charge in [0.15, 0.2) is 5.82 Å². The standard InChI is InChI=1S/C37H27N8.BF4/c1-2-15-29-28(14-1)42(32-18-5-9-24-38-32)36(43(29)33-19-6-10-25-39-33)22-13-23-37-44(34-20-7-11-26-40-34)30-16-3-4-17-31(30)45(37)35-21-8-12-27-41-35;2-1(3,4)5/h1-27H;/q+1;-1. The molecule has 246 valence electrons. The number of para-hydroxylation sites is 4. The summed E-state index contributed by atoms with van der Waals surface area (Å²) in [4.78, 5) is 23.2. The average molecular weight is 670 g/mol. The third-order valence-electron chi connectivity index (χ3n) is 7.65. The van der Waals surface area contributed by atoms with E-state index in [9.17, 15) is 17.3 Å². The van der Waals surface area contributed by atoms with Crippen LogP contribution in [0.4, 0.5) is 40.3 Å². The molecule has 1 aliphatic heterocycles. The van der Waals surface area contributed by atoms with Gasteiger partial charge in [0.2, 0.25) is 5.82 Å². The first-order valence-corrected chi connectivity index (χ1v) is 15.5. The van der Waals surface area contributed by atoms with Crippen molar-refractivity contribution >= 4 is 47.4 Å². The molecule has 0 saturated heterocycles. The molecule has 0 unspecified atom stereocenters. The Morgan fingerprint density at radius 2 is 1.02 bits per heavy atom. The second-order valence-corrected chi connectivity index (χ2v) is 10.8. The smallest absolute Gasteiger partial charge is 0.418 e. The van der Waals surface area contributed by atoms with Crippen LogP contribution >= 0.6 is 0 Å². The molecule has 13 heteroatoms. The van der Waals surface area contributed by atoms with Crippen molar-refractivity contribution in [1.82, 2.24) is 24.5 Å². The van der Waals surface area contributed by atoms with Crippen molar-refractivity contribution in [2.24, 2.45) is 0 Å². The molecule has 50 heavy (non-hydrogen) atoms. The van der Waals surface area contributed by atoms with Crippen LogP contribution in [0.5, 0.6) is 0 Å². The number of hydrogen-bond donors (Lipinski definition) is 0. The second-order valence-electron chi connectivity index (χ2n) is 10.8. The van der Waals surface area contributed by atoms with Crippen molar-refractivity contribution < 1.29 is 21.8 Å². The fraction of sp³-hybridized carbons (Fsp3) is 0. The Morgan fingerprint density at radius 1 is 0.540 bits per heavy atom. The number of aromatic nitrogens is 6. The molecule has 0 saturated carbocycles. The number of fused-ring (bicyclic) bond motifs is 2. The highest BCUT2D eigenvalue weighted by Gasteiger charge is 2.34. The van der Waals surface area contributed by atoms with Crippen LogP contribution in [0, 0.1) is 0 Å². The van der Waals surface area contributed by atoms with E-state index in [1.165, 1.54) is 0 Å². The maximum Gasteiger partial charge on any atom is 0.673 e. The molecule has 0 N–H and O–H groups in total. The maximum atomic E-state index is 9.75. The molecule has 1 aliphatic rings. The summed E-state index contributed by atoms with van der Waals surface area (Å²) in [6.07, 6.45) is 13.5. The summed E-state index contributed by atoms with van der Waals surface area (Å²) in [6, 6.07) is 40.4. The summed E-state index contributed by atoms with van der Waals surface area (Å²) in [5, 5.41) is 0. The third kappa shape index (κ3) is 6.56. The Balaban J connectivity index is 0.000000734. The molecule has 6 heterocycles. The summed E-state index contributed by atoms with van der Waals surface area (Å²) in [7, 11) is -6.00. The van der Waals surface area contributed by atoms with Gasteiger partial charge in [-0.3, -0.25) is 9.80 Å². The molecule has 0 atom stereocenters. The lowest BCUT2D eigenvalue weighted by atomic mass is 10.2. The molecule has 0 fully saturated rings. The first-order chi connectivity index (χ1) is 24.4. The Morgan fingerprint density at radius 3 is 1.54 bits per heavy atom. The zero-order chi connectivity index (χ0) is 34.5. The lowest BCUT2D eigenvalue weighted by Crippen LogP contribution is -2.34. The van der Waals surface area contributed by atoms with E-state index in [0.717, 1.165) is 57.3 Å². The number of benzene rings is 2. The van der Waals surface area contributed by atoms with Gasteiger partial charge in [-0.05, 0) is 72.8 Å². The Kier molecular flexibility index (Phi) is 8.85. The van der Waals surface area contributed by atoms with Gasteiger partial charge in [0.05, 0.1) is 11.4 Å². The second kappa shape index (κ2) is 13.8. The molecule has 5 aromatic heterocycles. The number of anilines is 4. The van der Waals surface area contributed by atoms with Crippen molar-refractivity contribution in [1.29, 1.82) is 0 Å². The van der Waals surface area contributed by atoms with E-state index in [0.29, 0.717) is 0 Å². The van der Waals surface area contributed by atoms with E-state index in [4.69, 9.17) is 19.9 Å². The Bertz CT molecular complexity index is 2130. The topological polar surface area (TPSA) is 66.9 Å². The molecule has 0 aliphatic carbocycles. The van der Waals surface area contributed by atoms with Crippen LogP contribution in [-0.2, 0) is 0 Å². The molecule has 0 radical (unpaired) electrons. The van der Waals surface area contributed by atoms with Gasteiger partial charge in [-0.2, -0.15) is 4.57 Å². The number of pyridine rings is 4. The van der Waals surface area contributed by atoms with Crippen molar-refractivity contribution in [3.63, 3.8) is 0 Å². The monoisotopic (exact) mass is 670 g/mol. The van der Waals surface area contributed by atoms with Crippen LogP contribution in [0.2, 0.25) is 0 Å². The molecule has 8 rings (SSSR count). The predicted octanol–water partition coefficient (Wildman–Crippen LogP) is 8.63. The minimum absolute atomic E-state index is 0.814. The summed E-state index contributed by atoms with van der Waals surface area (Å²) >= 11 is 0. The molecule has 2 aromatic carbocycles. The summed E-state index contributed by atoms with van der Waals surface area (Å²) < 4.78 is 43.3. The van der Waals surface area contributed by atoms with Crippen LogP contribution in [0.1, 0.15) is 5.82 Å². The largest absolute Gasteiger partial charge is 0.673 e. The highest BCUT2D eigenvalue weighted by atomic mass is 19.5. The number of allylic oxidation sites excluding steroid dienone is 2. The number of nitrogens with zero attached hydrogens (tertiary/aromatic N) is 8. The lowest BCUT2D eigenvalue weighted by Gasteiger charge is -2.24. The summed E-state index contributed by atoms with van der Waals surface area (Å²) in [5.74, 6) is 5.05. The quantitative estimate of drug-likeness (QED) is 0.100. The van der Waals surface area contributed by atoms with Gasteiger partial charge in [0.25, 0.3) is 5.82 Å². The van der Waals surface area contributed by atoms with Crippen molar-refractivity contribution in [3.8, 4) is 11.6 Å². The van der Waals surface area contributed by atoms with Crippen molar-refractivity contribution in [3.05, 3.63) is 170 Å². The fourth-order valence-corrected chi connectivity index (χ4v) is 5.80. The third-order valence-corrected chi connectivity index (χ3v) is 7.65. The molecule has 7 aromatic rings. The van der Waals surface area contributed by atoms with Gasteiger partial charge < -0.3 is 17.3 Å². The highest BCUT2D eigenvalue weighted by Crippen LogP contribution is 2.48. The van der Waals surface area contributed by atoms with Gasteiger partial charge in [0, 0.05) is 30.7 Å². The van der Waals surface area contributed by atoms with Crippen LogP contribution in [0.15, 0.2) is 164 Å². The zero-order valence-corrected chi connectivity index (χ0v) is 26.3. The van der Waals surface area contributed by atoms with Crippen molar-refractivity contribution in [2.45, 2.75) is 0 Å². The van der Waals surface area contributed by atoms with E-state index in [-0.39, 0.29) is 0 Å². The normalized spacial score (nSPS) is 12.6. The molecule has 0 amide bonds. The molecular weight excluding hydrogens is 643 g/mol. The maximum absolute atomic E-state index is 9.75. The summed E-state index contributed by atoms with van der Waals surface area (Å²) in [6.45, 7) is 0. The fourth-order valence-electron chi connectivity index (χ4n) is 5.80. The Hall–Kier alpha value is -6.63. The van der Waals surface area contributed by atoms with Crippen LogP contribution in [-0.4, -0.2) is 31.8 Å². The van der Waals surface area contributed by atoms with Gasteiger partial charge in [0.1, 0.15) is 34.7 Å². The average Bonchev–Trinajstić information content (AvgIpc) is 3.65. The van der Waals surface area contributed by atoms with Gasteiger partial charge >= 0.3 is 7.25 Å². The van der Waals surface area contributed by atoms with E-state index in [2.05, 4.69) is 61.4 Å². The van der Waals surface area contributed by atoms with Crippen LogP contribution in [0.3, 0.4) is 0 Å². The number of halogens is 4. The number of rotatable bonds is 6. The SMILES string of the molecule is C(/C=C\c1n(-c2ccccn2)c2ccccc2[n+]1-c1ccccn1)=C1N(c2ccccn2)c2ccccc2N1c1ccccn1.F[B-](F)(F)F. The van der Waals surface area contributed by atoms with Crippen LogP contribution in [0.25, 0.3) is 28.7 Å². The molecule has 0 bridgehead atoms. The van der Waals surface area contributed by atoms with Crippen LogP contribution < -0.4 is 14.4 Å².